The normalized spacial score (nSPS) is 33.9. The number of fused-ring (bicyclic) bond motifs is 1. The molecule has 0 aromatic carbocycles. The summed E-state index contributed by atoms with van der Waals surface area (Å²) in [5.41, 5.74) is 2.26. The Morgan fingerprint density at radius 3 is 3.06 bits per heavy atom. The van der Waals surface area contributed by atoms with Gasteiger partial charge < -0.3 is 5.32 Å². The minimum absolute atomic E-state index is 0.0586. The summed E-state index contributed by atoms with van der Waals surface area (Å²) in [4.78, 5) is 11.6. The van der Waals surface area contributed by atoms with E-state index in [1.165, 1.54) is 5.57 Å². The average molecular weight is 217 g/mol. The molecule has 86 valence electrons. The van der Waals surface area contributed by atoms with Gasteiger partial charge in [0, 0.05) is 24.8 Å². The molecule has 2 rings (SSSR count). The number of hydrogen-bond donors (Lipinski definition) is 1. The fraction of sp³-hybridized carbons (Fsp3) is 0.500. The van der Waals surface area contributed by atoms with Crippen LogP contribution in [-0.4, -0.2) is 18.9 Å². The van der Waals surface area contributed by atoms with E-state index < -0.39 is 0 Å². The molecule has 2 atom stereocenters. The van der Waals surface area contributed by atoms with Gasteiger partial charge in [-0.05, 0) is 25.0 Å². The highest BCUT2D eigenvalue weighted by Gasteiger charge is 2.50. The summed E-state index contributed by atoms with van der Waals surface area (Å²) in [5.74, 6) is 0.886. The van der Waals surface area contributed by atoms with Gasteiger partial charge in [-0.25, -0.2) is 0 Å². The maximum absolute atomic E-state index is 11.6. The fourth-order valence-corrected chi connectivity index (χ4v) is 3.06. The van der Waals surface area contributed by atoms with E-state index in [-0.39, 0.29) is 5.41 Å². The zero-order chi connectivity index (χ0) is 11.8. The lowest BCUT2D eigenvalue weighted by atomic mass is 9.74. The van der Waals surface area contributed by atoms with E-state index in [0.29, 0.717) is 18.1 Å². The Morgan fingerprint density at radius 2 is 2.38 bits per heavy atom. The summed E-state index contributed by atoms with van der Waals surface area (Å²) in [6.45, 7) is 11.6. The molecule has 0 bridgehead atoms. The van der Waals surface area contributed by atoms with E-state index in [2.05, 4.69) is 31.5 Å². The first kappa shape index (κ1) is 11.3. The van der Waals surface area contributed by atoms with E-state index in [0.717, 1.165) is 25.1 Å². The van der Waals surface area contributed by atoms with Crippen LogP contribution in [0.1, 0.15) is 19.8 Å². The number of hydrogen-bond acceptors (Lipinski definition) is 2. The molecule has 0 aromatic rings. The van der Waals surface area contributed by atoms with Crippen molar-refractivity contribution in [2.75, 3.05) is 13.1 Å². The number of nitrogens with one attached hydrogen (secondary N) is 1. The first-order valence-corrected chi connectivity index (χ1v) is 5.81. The molecule has 1 heterocycles. The second-order valence-electron chi connectivity index (χ2n) is 5.01. The first-order valence-electron chi connectivity index (χ1n) is 5.81. The Labute approximate surface area is 97.1 Å². The molecule has 2 heteroatoms. The van der Waals surface area contributed by atoms with Gasteiger partial charge >= 0.3 is 0 Å². The Hall–Kier alpha value is -1.15. The molecule has 2 aliphatic rings. The highest BCUT2D eigenvalue weighted by atomic mass is 16.1. The molecule has 0 radical (unpaired) electrons. The van der Waals surface area contributed by atoms with Gasteiger partial charge in [-0.3, -0.25) is 4.79 Å². The smallest absolute Gasteiger partial charge is 0.134 e. The van der Waals surface area contributed by atoms with Gasteiger partial charge in [-0.15, -0.1) is 0 Å². The van der Waals surface area contributed by atoms with Crippen LogP contribution >= 0.6 is 0 Å². The van der Waals surface area contributed by atoms with Gasteiger partial charge in [0.1, 0.15) is 5.78 Å². The number of carbonyl (C=O) groups is 1. The Kier molecular flexibility index (Phi) is 2.85. The predicted molar refractivity (Wildman–Crippen MR) is 66.1 cm³/mol. The largest absolute Gasteiger partial charge is 0.316 e. The predicted octanol–water partition coefficient (Wildman–Crippen LogP) is 2.24. The molecule has 1 aliphatic heterocycles. The molecule has 2 nitrogen and oxygen atoms in total. The number of rotatable bonds is 3. The van der Waals surface area contributed by atoms with E-state index in [9.17, 15) is 4.79 Å². The van der Waals surface area contributed by atoms with Crippen molar-refractivity contribution in [1.29, 1.82) is 0 Å². The van der Waals surface area contributed by atoms with Crippen molar-refractivity contribution in [3.8, 4) is 0 Å². The van der Waals surface area contributed by atoms with Crippen LogP contribution in [0, 0.1) is 11.3 Å². The molecule has 1 aliphatic carbocycles. The Morgan fingerprint density at radius 1 is 1.62 bits per heavy atom. The number of allylic oxidation sites excluding steroid dienone is 3. The highest BCUT2D eigenvalue weighted by Crippen LogP contribution is 2.49. The lowest BCUT2D eigenvalue weighted by molar-refractivity contribution is -0.118. The first-order chi connectivity index (χ1) is 7.58. The van der Waals surface area contributed by atoms with Crippen molar-refractivity contribution in [3.63, 3.8) is 0 Å². The Balaban J connectivity index is 2.30. The molecular formula is C14H19NO. The van der Waals surface area contributed by atoms with Crippen LogP contribution in [0.2, 0.25) is 0 Å². The van der Waals surface area contributed by atoms with E-state index in [1.807, 2.05) is 0 Å². The van der Waals surface area contributed by atoms with Crippen LogP contribution in [0.25, 0.3) is 0 Å². The minimum Gasteiger partial charge on any atom is -0.316 e. The third kappa shape index (κ3) is 1.67. The van der Waals surface area contributed by atoms with Gasteiger partial charge in [0.25, 0.3) is 0 Å². The fourth-order valence-electron chi connectivity index (χ4n) is 3.06. The summed E-state index contributed by atoms with van der Waals surface area (Å²) in [6.07, 6.45) is 5.26. The molecule has 0 amide bonds. The van der Waals surface area contributed by atoms with Gasteiger partial charge in [-0.1, -0.05) is 30.9 Å². The molecule has 16 heavy (non-hydrogen) atoms. The maximum Gasteiger partial charge on any atom is 0.134 e. The van der Waals surface area contributed by atoms with Crippen molar-refractivity contribution < 1.29 is 4.79 Å². The molecule has 2 unspecified atom stereocenters. The summed E-state index contributed by atoms with van der Waals surface area (Å²) in [6, 6.07) is 0. The lowest BCUT2D eigenvalue weighted by Crippen LogP contribution is -2.27. The van der Waals surface area contributed by atoms with E-state index in [4.69, 9.17) is 0 Å². The topological polar surface area (TPSA) is 29.1 Å². The second-order valence-corrected chi connectivity index (χ2v) is 5.01. The van der Waals surface area contributed by atoms with Gasteiger partial charge in [0.15, 0.2) is 0 Å². The zero-order valence-corrected chi connectivity index (χ0v) is 9.88. The van der Waals surface area contributed by atoms with Crippen LogP contribution in [0.4, 0.5) is 0 Å². The molecule has 0 spiro atoms. The number of Topliss-reactive ketones (excluding diaryl/α,β-unsaturated/α-hetero) is 1. The third-order valence-electron chi connectivity index (χ3n) is 4.05. The lowest BCUT2D eigenvalue weighted by Gasteiger charge is -2.29. The van der Waals surface area contributed by atoms with Gasteiger partial charge in [0.05, 0.1) is 0 Å². The second kappa shape index (κ2) is 4.02. The number of ketones is 1. The summed E-state index contributed by atoms with van der Waals surface area (Å²) in [7, 11) is 0. The van der Waals surface area contributed by atoms with Crippen molar-refractivity contribution >= 4 is 5.78 Å². The van der Waals surface area contributed by atoms with Gasteiger partial charge in [0.2, 0.25) is 0 Å². The van der Waals surface area contributed by atoms with Crippen molar-refractivity contribution in [1.82, 2.24) is 5.32 Å². The summed E-state index contributed by atoms with van der Waals surface area (Å²) in [5, 5.41) is 3.41. The van der Waals surface area contributed by atoms with Crippen LogP contribution in [0.5, 0.6) is 0 Å². The standard InChI is InChI=1S/C14H19NO/c1-4-10(2)5-11(3)14-7-13(16)6-12(14)8-15-9-14/h4-5,12,15H,1-2,6-9H2,3H3/b11-5+. The van der Waals surface area contributed by atoms with Crippen molar-refractivity contribution in [2.45, 2.75) is 19.8 Å². The molecular weight excluding hydrogens is 198 g/mol. The SMILES string of the molecule is C=CC(=C)/C=C(\C)C12CNCC1CC(=O)C2. The number of carbonyl (C=O) groups excluding carboxylic acids is 1. The molecule has 1 saturated carbocycles. The monoisotopic (exact) mass is 217 g/mol. The quantitative estimate of drug-likeness (QED) is 0.735. The van der Waals surface area contributed by atoms with Crippen LogP contribution in [-0.2, 0) is 4.79 Å². The zero-order valence-electron chi connectivity index (χ0n) is 9.88. The maximum atomic E-state index is 11.6. The Bertz CT molecular complexity index is 380. The average Bonchev–Trinajstić information content (AvgIpc) is 2.73. The highest BCUT2D eigenvalue weighted by molar-refractivity contribution is 5.83. The molecule has 0 aromatic heterocycles. The van der Waals surface area contributed by atoms with Crippen LogP contribution in [0.15, 0.2) is 36.5 Å². The molecule has 1 N–H and O–H groups in total. The van der Waals surface area contributed by atoms with E-state index in [1.54, 1.807) is 6.08 Å². The van der Waals surface area contributed by atoms with Gasteiger partial charge in [-0.2, -0.15) is 0 Å². The molecule has 2 fully saturated rings. The van der Waals surface area contributed by atoms with Crippen molar-refractivity contribution in [2.24, 2.45) is 11.3 Å². The summed E-state index contributed by atoms with van der Waals surface area (Å²) >= 11 is 0. The third-order valence-corrected chi connectivity index (χ3v) is 4.05. The van der Waals surface area contributed by atoms with Crippen LogP contribution in [0.3, 0.4) is 0 Å². The van der Waals surface area contributed by atoms with Crippen molar-refractivity contribution in [3.05, 3.63) is 36.5 Å². The summed E-state index contributed by atoms with van der Waals surface area (Å²) < 4.78 is 0. The van der Waals surface area contributed by atoms with Crippen LogP contribution < -0.4 is 5.32 Å². The minimum atomic E-state index is 0.0586. The van der Waals surface area contributed by atoms with E-state index >= 15 is 0 Å². The molecule has 1 saturated heterocycles.